The number of aromatic hydroxyl groups is 1. The van der Waals surface area contributed by atoms with Crippen LogP contribution in [0.5, 0.6) is 5.75 Å². The zero-order valence-electron chi connectivity index (χ0n) is 15.3. The topological polar surface area (TPSA) is 178 Å². The summed E-state index contributed by atoms with van der Waals surface area (Å²) >= 11 is 0. The number of phenols is 1. The van der Waals surface area contributed by atoms with Gasteiger partial charge in [-0.15, -0.1) is 0 Å². The molecule has 9 nitrogen and oxygen atoms in total. The minimum atomic E-state index is -2.66. The molecule has 1 aromatic carbocycles. The summed E-state index contributed by atoms with van der Waals surface area (Å²) in [7, 11) is 0. The third kappa shape index (κ3) is 2.19. The van der Waals surface area contributed by atoms with Gasteiger partial charge in [0.25, 0.3) is 5.91 Å². The average Bonchev–Trinajstić information content (AvgIpc) is 2.62. The zero-order valence-corrected chi connectivity index (χ0v) is 15.3. The van der Waals surface area contributed by atoms with Crippen LogP contribution in [0.3, 0.4) is 0 Å². The molecule has 0 saturated heterocycles. The van der Waals surface area contributed by atoms with Crippen molar-refractivity contribution in [2.24, 2.45) is 17.6 Å². The number of ketones is 2. The molecule has 0 spiro atoms. The summed E-state index contributed by atoms with van der Waals surface area (Å²) in [5.41, 5.74) is -0.597. The lowest BCUT2D eigenvalue weighted by molar-refractivity contribution is -0.147. The molecule has 0 fully saturated rings. The van der Waals surface area contributed by atoms with Crippen molar-refractivity contribution in [1.82, 2.24) is 0 Å². The van der Waals surface area contributed by atoms with Crippen LogP contribution in [0.2, 0.25) is 0 Å². The number of rotatable bonds is 1. The molecule has 0 heterocycles. The Morgan fingerprint density at radius 2 is 1.83 bits per heavy atom. The van der Waals surface area contributed by atoms with E-state index < -0.39 is 68.9 Å². The number of benzene rings is 1. The second kappa shape index (κ2) is 5.68. The van der Waals surface area contributed by atoms with Crippen molar-refractivity contribution >= 4 is 17.5 Å². The summed E-state index contributed by atoms with van der Waals surface area (Å²) in [4.78, 5) is 37.5. The van der Waals surface area contributed by atoms with Crippen molar-refractivity contribution in [2.75, 3.05) is 0 Å². The molecule has 152 valence electrons. The normalized spacial score (nSPS) is 33.9. The lowest BCUT2D eigenvalue weighted by atomic mass is 9.56. The first-order valence-electron chi connectivity index (χ1n) is 8.96. The van der Waals surface area contributed by atoms with Crippen molar-refractivity contribution in [3.63, 3.8) is 0 Å². The molecular weight excluding hydrogens is 382 g/mol. The average molecular weight is 401 g/mol. The molecule has 4 rings (SSSR count). The van der Waals surface area contributed by atoms with E-state index in [-0.39, 0.29) is 24.0 Å². The molecule has 0 aromatic heterocycles. The molecule has 0 radical (unpaired) electrons. The number of hydrogen-bond donors (Lipinski definition) is 6. The van der Waals surface area contributed by atoms with Gasteiger partial charge in [-0.25, -0.2) is 0 Å². The van der Waals surface area contributed by atoms with E-state index >= 15 is 0 Å². The van der Waals surface area contributed by atoms with Gasteiger partial charge in [-0.1, -0.05) is 12.1 Å². The number of phenolic OH excluding ortho intramolecular Hbond substituents is 1. The summed E-state index contributed by atoms with van der Waals surface area (Å²) in [5, 5.41) is 53.5. The molecule has 9 heteroatoms. The minimum Gasteiger partial charge on any atom is -0.511 e. The number of carbonyl (C=O) groups is 3. The lowest BCUT2D eigenvalue weighted by Crippen LogP contribution is -2.59. The van der Waals surface area contributed by atoms with Crippen LogP contribution in [0.1, 0.15) is 35.7 Å². The maximum atomic E-state index is 13.1. The van der Waals surface area contributed by atoms with E-state index in [1.807, 2.05) is 0 Å². The Balaban J connectivity index is 1.99. The van der Waals surface area contributed by atoms with Crippen molar-refractivity contribution in [3.05, 3.63) is 52.0 Å². The minimum absolute atomic E-state index is 0.147. The summed E-state index contributed by atoms with van der Waals surface area (Å²) in [6.45, 7) is 1.40. The number of amides is 1. The van der Waals surface area contributed by atoms with Gasteiger partial charge in [0.1, 0.15) is 22.8 Å². The van der Waals surface area contributed by atoms with Crippen LogP contribution in [0, 0.1) is 11.8 Å². The number of nitrogens with two attached hydrogens (primary N) is 1. The Labute approximate surface area is 164 Å². The van der Waals surface area contributed by atoms with E-state index in [0.29, 0.717) is 0 Å². The maximum absolute atomic E-state index is 13.1. The van der Waals surface area contributed by atoms with E-state index in [4.69, 9.17) is 5.73 Å². The number of fused-ring (bicyclic) bond motifs is 3. The fourth-order valence-electron chi connectivity index (χ4n) is 4.87. The number of allylic oxidation sites excluding steroid dienone is 1. The van der Waals surface area contributed by atoms with Gasteiger partial charge in [0.15, 0.2) is 11.4 Å². The highest BCUT2D eigenvalue weighted by Gasteiger charge is 2.62. The largest absolute Gasteiger partial charge is 0.511 e. The highest BCUT2D eigenvalue weighted by atomic mass is 16.3. The Hall–Kier alpha value is -3.17. The molecule has 0 aliphatic heterocycles. The molecule has 1 amide bonds. The van der Waals surface area contributed by atoms with Crippen molar-refractivity contribution in [1.29, 1.82) is 0 Å². The van der Waals surface area contributed by atoms with Gasteiger partial charge >= 0.3 is 0 Å². The molecule has 3 aliphatic rings. The Kier molecular flexibility index (Phi) is 3.75. The first-order valence-corrected chi connectivity index (χ1v) is 8.96. The van der Waals surface area contributed by atoms with Gasteiger partial charge in [-0.2, -0.15) is 0 Å². The zero-order chi connectivity index (χ0) is 21.5. The van der Waals surface area contributed by atoms with Gasteiger partial charge in [-0.05, 0) is 25.0 Å². The van der Waals surface area contributed by atoms with Crippen LogP contribution < -0.4 is 5.73 Å². The van der Waals surface area contributed by atoms with Crippen LogP contribution in [-0.4, -0.2) is 48.6 Å². The molecule has 0 bridgehead atoms. The molecule has 29 heavy (non-hydrogen) atoms. The van der Waals surface area contributed by atoms with Gasteiger partial charge < -0.3 is 31.3 Å². The van der Waals surface area contributed by atoms with Gasteiger partial charge in [-0.3, -0.25) is 14.4 Å². The van der Waals surface area contributed by atoms with Crippen molar-refractivity contribution in [2.45, 2.75) is 31.0 Å². The van der Waals surface area contributed by atoms with E-state index in [2.05, 4.69) is 0 Å². The predicted molar refractivity (Wildman–Crippen MR) is 96.7 cm³/mol. The van der Waals surface area contributed by atoms with Gasteiger partial charge in [0, 0.05) is 23.8 Å². The second-order valence-electron chi connectivity index (χ2n) is 7.91. The van der Waals surface area contributed by atoms with E-state index in [1.54, 1.807) is 0 Å². The van der Waals surface area contributed by atoms with Crippen LogP contribution >= 0.6 is 0 Å². The molecule has 2 unspecified atom stereocenters. The Morgan fingerprint density at radius 3 is 2.45 bits per heavy atom. The monoisotopic (exact) mass is 401 g/mol. The smallest absolute Gasteiger partial charge is 0.255 e. The summed E-state index contributed by atoms with van der Waals surface area (Å²) < 4.78 is 0. The first-order chi connectivity index (χ1) is 13.4. The predicted octanol–water partition coefficient (Wildman–Crippen LogP) is 0.245. The molecule has 3 aliphatic carbocycles. The van der Waals surface area contributed by atoms with E-state index in [0.717, 1.165) is 0 Å². The third-order valence-corrected chi connectivity index (χ3v) is 6.36. The molecule has 4 atom stereocenters. The van der Waals surface area contributed by atoms with E-state index in [9.17, 15) is 39.9 Å². The van der Waals surface area contributed by atoms with Crippen LogP contribution in [0.25, 0.3) is 0 Å². The fourth-order valence-corrected chi connectivity index (χ4v) is 4.87. The van der Waals surface area contributed by atoms with E-state index in [1.165, 1.54) is 25.1 Å². The number of hydrogen-bond acceptors (Lipinski definition) is 8. The second-order valence-corrected chi connectivity index (χ2v) is 7.91. The Morgan fingerprint density at radius 1 is 1.17 bits per heavy atom. The SMILES string of the molecule is C[C@@]1(O)c2cccc(O)c2C(=O)C2=C(O)[C@]3(O)C(=O)C(C(N)=O)=C(O)CC3CC21. The maximum Gasteiger partial charge on any atom is 0.255 e. The fraction of sp³-hybridized carbons (Fsp3) is 0.350. The third-order valence-electron chi connectivity index (χ3n) is 6.36. The number of aliphatic hydroxyl groups is 4. The van der Waals surface area contributed by atoms with Gasteiger partial charge in [0.05, 0.1) is 11.2 Å². The molecule has 0 saturated carbocycles. The summed E-state index contributed by atoms with van der Waals surface area (Å²) in [6.07, 6.45) is -0.503. The number of aliphatic hydroxyl groups excluding tert-OH is 2. The molecule has 1 aromatic rings. The van der Waals surface area contributed by atoms with Crippen LogP contribution in [-0.2, 0) is 15.2 Å². The molecular formula is C20H19NO8. The van der Waals surface area contributed by atoms with Crippen LogP contribution in [0.15, 0.2) is 40.9 Å². The van der Waals surface area contributed by atoms with Crippen molar-refractivity contribution < 1.29 is 39.9 Å². The number of carbonyl (C=O) groups excluding carboxylic acids is 3. The van der Waals surface area contributed by atoms with Crippen molar-refractivity contribution in [3.8, 4) is 5.75 Å². The quantitative estimate of drug-likeness (QED) is 0.362. The number of primary amides is 1. The lowest BCUT2D eigenvalue weighted by Gasteiger charge is -2.49. The highest BCUT2D eigenvalue weighted by Crippen LogP contribution is 2.55. The number of Topliss-reactive ketones (excluding diaryl/α,β-unsaturated/α-hetero) is 2. The van der Waals surface area contributed by atoms with Gasteiger partial charge in [0.2, 0.25) is 5.78 Å². The summed E-state index contributed by atoms with van der Waals surface area (Å²) in [5.74, 6) is -7.60. The first kappa shape index (κ1) is 19.2. The standard InChI is InChI=1S/C20H19NO8/c1-19(28)8-3-2-4-10(22)12(8)15(24)13-9(19)5-7-6-11(23)14(18(21)27)17(26)20(7,29)16(13)25/h2-4,7,9,22-23,25,28-29H,5-6H2,1H3,(H2,21,27)/t7?,9?,19-,20+/m1/s1. The summed E-state index contributed by atoms with van der Waals surface area (Å²) in [6, 6.07) is 4.17. The Bertz CT molecular complexity index is 1070. The van der Waals surface area contributed by atoms with Crippen LogP contribution in [0.4, 0.5) is 0 Å². The molecule has 7 N–H and O–H groups in total. The highest BCUT2D eigenvalue weighted by molar-refractivity contribution is 6.24.